The maximum Gasteiger partial charge on any atom is 0.222 e. The maximum absolute atomic E-state index is 13.1. The van der Waals surface area contributed by atoms with Gasteiger partial charge in [0.15, 0.2) is 5.82 Å². The second-order valence-corrected chi connectivity index (χ2v) is 11.3. The van der Waals surface area contributed by atoms with Crippen molar-refractivity contribution in [2.75, 3.05) is 6.54 Å². The number of amides is 1. The first-order valence-corrected chi connectivity index (χ1v) is 13.7. The van der Waals surface area contributed by atoms with Crippen LogP contribution in [0.2, 0.25) is 5.02 Å². The molecule has 4 aromatic rings. The minimum absolute atomic E-state index is 0.0726. The lowest BCUT2D eigenvalue weighted by molar-refractivity contribution is -0.121. The molecule has 0 aliphatic carbocycles. The summed E-state index contributed by atoms with van der Waals surface area (Å²) in [5.41, 5.74) is 5.18. The van der Waals surface area contributed by atoms with Crippen LogP contribution in [0.25, 0.3) is 5.00 Å². The number of fused-ring (bicyclic) bond motifs is 3. The molecule has 0 saturated carbocycles. The van der Waals surface area contributed by atoms with Crippen molar-refractivity contribution in [2.45, 2.75) is 39.7 Å². The molecule has 1 aliphatic heterocycles. The van der Waals surface area contributed by atoms with Crippen LogP contribution in [-0.4, -0.2) is 32.9 Å². The van der Waals surface area contributed by atoms with Gasteiger partial charge in [-0.15, -0.1) is 21.5 Å². The Morgan fingerprint density at radius 3 is 2.61 bits per heavy atom. The van der Waals surface area contributed by atoms with E-state index >= 15 is 0 Å². The third-order valence-corrected chi connectivity index (χ3v) is 8.63. The van der Waals surface area contributed by atoms with Crippen LogP contribution in [0.5, 0.6) is 0 Å². The van der Waals surface area contributed by atoms with Crippen molar-refractivity contribution in [1.29, 1.82) is 0 Å². The van der Waals surface area contributed by atoms with Crippen molar-refractivity contribution < 1.29 is 4.79 Å². The van der Waals surface area contributed by atoms with Gasteiger partial charge in [0.2, 0.25) is 5.91 Å². The Morgan fingerprint density at radius 1 is 1.11 bits per heavy atom. The fourth-order valence-corrected chi connectivity index (χ4v) is 6.24. The summed E-state index contributed by atoms with van der Waals surface area (Å²) in [5.74, 6) is 1.39. The van der Waals surface area contributed by atoms with Gasteiger partial charge in [0.25, 0.3) is 0 Å². The molecule has 3 heterocycles. The van der Waals surface area contributed by atoms with E-state index in [-0.39, 0.29) is 12.3 Å². The minimum Gasteiger partial charge on any atom is -0.356 e. The van der Waals surface area contributed by atoms with E-state index in [1.54, 1.807) is 11.3 Å². The highest BCUT2D eigenvalue weighted by Gasteiger charge is 2.32. The largest absolute Gasteiger partial charge is 0.356 e. The Labute approximate surface area is 227 Å². The predicted octanol–water partition coefficient (Wildman–Crippen LogP) is 6.31. The number of thiophene rings is 1. The number of benzene rings is 2. The Bertz CT molecular complexity index is 1470. The number of hydrogen-bond acceptors (Lipinski definition) is 5. The molecule has 0 radical (unpaired) electrons. The van der Waals surface area contributed by atoms with E-state index in [2.05, 4.69) is 55.9 Å². The van der Waals surface area contributed by atoms with Crippen molar-refractivity contribution in [2.24, 2.45) is 4.99 Å². The Morgan fingerprint density at radius 2 is 1.86 bits per heavy atom. The summed E-state index contributed by atoms with van der Waals surface area (Å²) in [5, 5.41) is 13.6. The van der Waals surface area contributed by atoms with Gasteiger partial charge in [-0.3, -0.25) is 14.4 Å². The topological polar surface area (TPSA) is 72.2 Å². The molecule has 1 atom stereocenters. The molecule has 1 amide bonds. The molecule has 9 heteroatoms. The maximum atomic E-state index is 13.1. The number of nitrogens with zero attached hydrogens (tertiary/aromatic N) is 4. The third-order valence-electron chi connectivity index (χ3n) is 6.41. The van der Waals surface area contributed by atoms with Crippen molar-refractivity contribution in [3.8, 4) is 5.00 Å². The third kappa shape index (κ3) is 4.77. The fourth-order valence-electron chi connectivity index (χ4n) is 4.42. The summed E-state index contributed by atoms with van der Waals surface area (Å²) in [6, 6.07) is 15.3. The highest BCUT2D eigenvalue weighted by Crippen LogP contribution is 2.39. The van der Waals surface area contributed by atoms with Crippen molar-refractivity contribution >= 4 is 50.5 Å². The molecule has 2 aromatic heterocycles. The molecule has 0 bridgehead atoms. The van der Waals surface area contributed by atoms with Crippen LogP contribution in [0.4, 0.5) is 0 Å². The molecular formula is C27H25BrClN5OS. The van der Waals surface area contributed by atoms with E-state index in [1.807, 2.05) is 49.4 Å². The lowest BCUT2D eigenvalue weighted by atomic mass is 9.99. The highest BCUT2D eigenvalue weighted by molar-refractivity contribution is 9.10. The molecule has 0 saturated heterocycles. The second kappa shape index (κ2) is 10.3. The molecule has 2 aromatic carbocycles. The standard InChI is InChI=1S/C27H25BrClN5OS/c1-15-16(2)36-27-24(15)25(19-8-10-20(29)11-9-19)31-22(26-33-32-17(3)34(26)27)14-23(35)30-13-12-18-6-4-5-7-21(18)28/h4-11,22H,12-14H2,1-3H3,(H,30,35)/t22-/m0/s1. The molecule has 6 nitrogen and oxygen atoms in total. The summed E-state index contributed by atoms with van der Waals surface area (Å²) >= 11 is 11.4. The first-order chi connectivity index (χ1) is 17.3. The fraction of sp³-hybridized carbons (Fsp3) is 0.259. The first kappa shape index (κ1) is 24.9. The monoisotopic (exact) mass is 581 g/mol. The zero-order chi connectivity index (χ0) is 25.4. The van der Waals surface area contributed by atoms with Crippen LogP contribution in [0, 0.1) is 20.8 Å². The summed E-state index contributed by atoms with van der Waals surface area (Å²) in [6.45, 7) is 6.71. The van der Waals surface area contributed by atoms with Gasteiger partial charge in [-0.1, -0.05) is 57.9 Å². The zero-order valence-corrected chi connectivity index (χ0v) is 23.3. The smallest absolute Gasteiger partial charge is 0.222 e. The van der Waals surface area contributed by atoms with Gasteiger partial charge in [-0.25, -0.2) is 0 Å². The Kier molecular flexibility index (Phi) is 7.10. The predicted molar refractivity (Wildman–Crippen MR) is 149 cm³/mol. The van der Waals surface area contributed by atoms with Crippen LogP contribution in [0.15, 0.2) is 58.0 Å². The van der Waals surface area contributed by atoms with Gasteiger partial charge in [-0.2, -0.15) is 0 Å². The Balaban J connectivity index is 1.49. The number of carbonyl (C=O) groups is 1. The molecule has 5 rings (SSSR count). The molecule has 0 spiro atoms. The van der Waals surface area contributed by atoms with Gasteiger partial charge in [0, 0.05) is 32.0 Å². The van der Waals surface area contributed by atoms with Crippen LogP contribution in [0.3, 0.4) is 0 Å². The van der Waals surface area contributed by atoms with Crippen molar-refractivity contribution in [3.05, 3.63) is 96.8 Å². The Hall–Kier alpha value is -2.81. The zero-order valence-electron chi connectivity index (χ0n) is 20.2. The number of aryl methyl sites for hydroxylation is 2. The van der Waals surface area contributed by atoms with E-state index in [0.717, 1.165) is 44.1 Å². The van der Waals surface area contributed by atoms with Crippen LogP contribution >= 0.6 is 38.9 Å². The van der Waals surface area contributed by atoms with Crippen LogP contribution in [-0.2, 0) is 11.2 Å². The van der Waals surface area contributed by atoms with E-state index in [4.69, 9.17) is 16.6 Å². The van der Waals surface area contributed by atoms with Crippen molar-refractivity contribution in [1.82, 2.24) is 20.1 Å². The molecule has 0 unspecified atom stereocenters. The lowest BCUT2D eigenvalue weighted by Gasteiger charge is -2.13. The van der Waals surface area contributed by atoms with E-state index < -0.39 is 6.04 Å². The number of nitrogens with one attached hydrogen (secondary N) is 1. The summed E-state index contributed by atoms with van der Waals surface area (Å²) in [6.07, 6.45) is 0.917. The highest BCUT2D eigenvalue weighted by atomic mass is 79.9. The summed E-state index contributed by atoms with van der Waals surface area (Å²) < 4.78 is 3.10. The minimum atomic E-state index is -0.473. The SMILES string of the molecule is Cc1sc2c(c1C)C(c1ccc(Cl)cc1)=N[C@@H](CC(=O)NCCc1ccccc1Br)c1nnc(C)n1-2. The second-order valence-electron chi connectivity index (χ2n) is 8.80. The van der Waals surface area contributed by atoms with E-state index in [9.17, 15) is 4.79 Å². The van der Waals surface area contributed by atoms with Crippen LogP contribution < -0.4 is 5.32 Å². The quantitative estimate of drug-likeness (QED) is 0.290. The molecule has 36 heavy (non-hydrogen) atoms. The van der Waals surface area contributed by atoms with Gasteiger partial charge in [0.05, 0.1) is 12.1 Å². The number of aliphatic imine (C=N–C) groups is 1. The van der Waals surface area contributed by atoms with Gasteiger partial charge < -0.3 is 5.32 Å². The number of hydrogen-bond donors (Lipinski definition) is 1. The number of aromatic nitrogens is 3. The average Bonchev–Trinajstić information content (AvgIpc) is 3.33. The van der Waals surface area contributed by atoms with Gasteiger partial charge in [0.1, 0.15) is 16.9 Å². The van der Waals surface area contributed by atoms with E-state index in [1.165, 1.54) is 10.4 Å². The molecule has 1 aliphatic rings. The lowest BCUT2D eigenvalue weighted by Crippen LogP contribution is -2.27. The normalized spacial score (nSPS) is 14.6. The number of carbonyl (C=O) groups excluding carboxylic acids is 1. The van der Waals surface area contributed by atoms with Gasteiger partial charge >= 0.3 is 0 Å². The van der Waals surface area contributed by atoms with Gasteiger partial charge in [-0.05, 0) is 56.5 Å². The summed E-state index contributed by atoms with van der Waals surface area (Å²) in [4.78, 5) is 19.4. The van der Waals surface area contributed by atoms with Crippen molar-refractivity contribution in [3.63, 3.8) is 0 Å². The average molecular weight is 583 g/mol. The molecular weight excluding hydrogens is 558 g/mol. The molecule has 1 N–H and O–H groups in total. The number of halogens is 2. The molecule has 0 fully saturated rings. The summed E-state index contributed by atoms with van der Waals surface area (Å²) in [7, 11) is 0. The number of rotatable bonds is 6. The van der Waals surface area contributed by atoms with E-state index in [0.29, 0.717) is 17.4 Å². The van der Waals surface area contributed by atoms with Crippen LogP contribution in [0.1, 0.15) is 51.2 Å². The molecule has 184 valence electrons. The first-order valence-electron chi connectivity index (χ1n) is 11.7.